The summed E-state index contributed by atoms with van der Waals surface area (Å²) in [6.07, 6.45) is 5.25. The topological polar surface area (TPSA) is 69.5 Å². The van der Waals surface area contributed by atoms with Crippen LogP contribution in [0.2, 0.25) is 0 Å². The lowest BCUT2D eigenvalue weighted by atomic mass is 10.1. The highest BCUT2D eigenvalue weighted by Gasteiger charge is 2.27. The van der Waals surface area contributed by atoms with Gasteiger partial charge in [0.15, 0.2) is 6.73 Å². The summed E-state index contributed by atoms with van der Waals surface area (Å²) in [6, 6.07) is 14.3. The van der Waals surface area contributed by atoms with Gasteiger partial charge in [-0.15, -0.1) is 0 Å². The molecule has 0 atom stereocenters. The van der Waals surface area contributed by atoms with Crippen molar-refractivity contribution in [3.8, 4) is 28.5 Å². The monoisotopic (exact) mass is 416 g/mol. The normalized spacial score (nSPS) is 13.0. The number of ether oxygens (including phenoxy) is 2. The lowest BCUT2D eigenvalue weighted by Crippen LogP contribution is -2.38. The van der Waals surface area contributed by atoms with Crippen LogP contribution in [0.3, 0.4) is 0 Å². The second-order valence-corrected chi connectivity index (χ2v) is 7.02. The van der Waals surface area contributed by atoms with E-state index in [1.807, 2.05) is 13.2 Å². The van der Waals surface area contributed by atoms with E-state index in [9.17, 15) is 9.18 Å². The van der Waals surface area contributed by atoms with Crippen molar-refractivity contribution in [3.63, 3.8) is 0 Å². The Hall–Kier alpha value is -4.20. The summed E-state index contributed by atoms with van der Waals surface area (Å²) in [4.78, 5) is 18.8. The Bertz CT molecular complexity index is 1270. The smallest absolute Gasteiger partial charge is 0.264 e. The third-order valence-corrected chi connectivity index (χ3v) is 4.88. The summed E-state index contributed by atoms with van der Waals surface area (Å²) in [7, 11) is 1.84. The minimum atomic E-state index is -0.367. The summed E-state index contributed by atoms with van der Waals surface area (Å²) in [5.41, 5.74) is 2.52. The number of pyridine rings is 1. The van der Waals surface area contributed by atoms with Gasteiger partial charge < -0.3 is 9.47 Å². The van der Waals surface area contributed by atoms with E-state index in [-0.39, 0.29) is 18.5 Å². The number of aromatic nitrogens is 3. The molecule has 0 unspecified atom stereocenters. The number of hydrogen-bond donors (Lipinski definition) is 0. The van der Waals surface area contributed by atoms with Gasteiger partial charge in [0.2, 0.25) is 0 Å². The third kappa shape index (κ3) is 3.71. The van der Waals surface area contributed by atoms with Gasteiger partial charge in [-0.3, -0.25) is 19.4 Å². The highest BCUT2D eigenvalue weighted by Crippen LogP contribution is 2.33. The number of amides is 1. The van der Waals surface area contributed by atoms with Gasteiger partial charge in [0, 0.05) is 36.8 Å². The Morgan fingerprint density at radius 2 is 1.87 bits per heavy atom. The highest BCUT2D eigenvalue weighted by atomic mass is 19.1. The maximum Gasteiger partial charge on any atom is 0.264 e. The number of carbonyl (C=O) groups excluding carboxylic acids is 1. The minimum Gasteiger partial charge on any atom is -0.472 e. The SMILES string of the molecule is Cn1cc(-c2cc(Oc3ccc4c(c3)C(=O)N(c3ccc(F)cc3)CO4)ccn2)cn1. The average Bonchev–Trinajstić information content (AvgIpc) is 3.22. The molecule has 0 fully saturated rings. The molecule has 0 spiro atoms. The van der Waals surface area contributed by atoms with Crippen molar-refractivity contribution >= 4 is 11.6 Å². The number of nitrogens with zero attached hydrogens (tertiary/aromatic N) is 4. The molecule has 0 saturated heterocycles. The van der Waals surface area contributed by atoms with Gasteiger partial charge in [-0.05, 0) is 48.5 Å². The van der Waals surface area contributed by atoms with E-state index >= 15 is 0 Å². The van der Waals surface area contributed by atoms with Gasteiger partial charge in [0.25, 0.3) is 5.91 Å². The molecule has 0 radical (unpaired) electrons. The van der Waals surface area contributed by atoms with E-state index in [0.29, 0.717) is 28.5 Å². The van der Waals surface area contributed by atoms with Crippen molar-refractivity contribution in [2.45, 2.75) is 0 Å². The molecule has 7 nitrogen and oxygen atoms in total. The fourth-order valence-corrected chi connectivity index (χ4v) is 3.34. The molecule has 1 aliphatic heterocycles. The fraction of sp³-hybridized carbons (Fsp3) is 0.0870. The number of halogens is 1. The van der Waals surface area contributed by atoms with Crippen LogP contribution >= 0.6 is 0 Å². The van der Waals surface area contributed by atoms with Crippen LogP contribution in [0.1, 0.15) is 10.4 Å². The second kappa shape index (κ2) is 7.56. The Kier molecular flexibility index (Phi) is 4.59. The Morgan fingerprint density at radius 3 is 2.65 bits per heavy atom. The van der Waals surface area contributed by atoms with Crippen molar-refractivity contribution in [1.29, 1.82) is 0 Å². The number of aryl methyl sites for hydroxylation is 1. The molecule has 2 aromatic heterocycles. The van der Waals surface area contributed by atoms with Crippen molar-refractivity contribution < 1.29 is 18.7 Å². The largest absolute Gasteiger partial charge is 0.472 e. The van der Waals surface area contributed by atoms with E-state index in [0.717, 1.165) is 11.3 Å². The quantitative estimate of drug-likeness (QED) is 0.493. The summed E-state index contributed by atoms with van der Waals surface area (Å²) in [6.45, 7) is 0.0521. The average molecular weight is 416 g/mol. The zero-order chi connectivity index (χ0) is 21.4. The van der Waals surface area contributed by atoms with Gasteiger partial charge in [-0.1, -0.05) is 0 Å². The molecule has 1 amide bonds. The van der Waals surface area contributed by atoms with E-state index in [4.69, 9.17) is 9.47 Å². The summed E-state index contributed by atoms with van der Waals surface area (Å²) in [5, 5.41) is 4.16. The molecular formula is C23H17FN4O3. The minimum absolute atomic E-state index is 0.0521. The molecule has 0 saturated carbocycles. The molecule has 4 aromatic rings. The maximum absolute atomic E-state index is 13.2. The third-order valence-electron chi connectivity index (χ3n) is 4.88. The molecule has 0 N–H and O–H groups in total. The lowest BCUT2D eigenvalue weighted by molar-refractivity contribution is 0.0936. The van der Waals surface area contributed by atoms with Crippen LogP contribution in [0.4, 0.5) is 10.1 Å². The number of fused-ring (bicyclic) bond motifs is 1. The van der Waals surface area contributed by atoms with Crippen molar-refractivity contribution in [2.75, 3.05) is 11.6 Å². The van der Waals surface area contributed by atoms with E-state index in [2.05, 4.69) is 10.1 Å². The zero-order valence-corrected chi connectivity index (χ0v) is 16.5. The van der Waals surface area contributed by atoms with Crippen molar-refractivity contribution in [1.82, 2.24) is 14.8 Å². The van der Waals surface area contributed by atoms with E-state index in [1.54, 1.807) is 59.5 Å². The van der Waals surface area contributed by atoms with Crippen LogP contribution in [-0.2, 0) is 7.05 Å². The second-order valence-electron chi connectivity index (χ2n) is 7.02. The first-order valence-electron chi connectivity index (χ1n) is 9.54. The number of benzene rings is 2. The van der Waals surface area contributed by atoms with Crippen molar-refractivity contribution in [3.05, 3.63) is 84.6 Å². The Balaban J connectivity index is 1.41. The first-order valence-corrected chi connectivity index (χ1v) is 9.54. The zero-order valence-electron chi connectivity index (χ0n) is 16.5. The standard InChI is InChI=1S/C23H17FN4O3/c1-27-13-15(12-26-27)21-11-19(8-9-25-21)31-18-6-7-22-20(10-18)23(29)28(14-30-22)17-4-2-16(24)3-5-17/h2-13H,14H2,1H3. The molecule has 154 valence electrons. The molecule has 5 rings (SSSR count). The van der Waals surface area contributed by atoms with Gasteiger partial charge in [-0.25, -0.2) is 4.39 Å². The highest BCUT2D eigenvalue weighted by molar-refractivity contribution is 6.08. The molecule has 0 aliphatic carbocycles. The molecule has 31 heavy (non-hydrogen) atoms. The van der Waals surface area contributed by atoms with Gasteiger partial charge in [-0.2, -0.15) is 5.10 Å². The predicted octanol–water partition coefficient (Wildman–Crippen LogP) is 4.41. The first kappa shape index (κ1) is 18.8. The Labute approximate surface area is 177 Å². The van der Waals surface area contributed by atoms with Crippen LogP contribution in [0, 0.1) is 5.82 Å². The van der Waals surface area contributed by atoms with Crippen LogP contribution in [0.15, 0.2) is 73.2 Å². The van der Waals surface area contributed by atoms with Crippen LogP contribution in [0.25, 0.3) is 11.3 Å². The van der Waals surface area contributed by atoms with Gasteiger partial charge >= 0.3 is 0 Å². The molecule has 1 aliphatic rings. The molecule has 0 bridgehead atoms. The van der Waals surface area contributed by atoms with Gasteiger partial charge in [0.05, 0.1) is 17.5 Å². The first-order chi connectivity index (χ1) is 15.1. The van der Waals surface area contributed by atoms with Crippen LogP contribution in [0.5, 0.6) is 17.2 Å². The fourth-order valence-electron chi connectivity index (χ4n) is 3.34. The summed E-state index contributed by atoms with van der Waals surface area (Å²) >= 11 is 0. The summed E-state index contributed by atoms with van der Waals surface area (Å²) in [5.74, 6) is 0.923. The molecular weight excluding hydrogens is 399 g/mol. The van der Waals surface area contributed by atoms with Gasteiger partial charge in [0.1, 0.15) is 23.1 Å². The number of carbonyl (C=O) groups is 1. The van der Waals surface area contributed by atoms with Crippen molar-refractivity contribution in [2.24, 2.45) is 7.05 Å². The number of hydrogen-bond acceptors (Lipinski definition) is 5. The van der Waals surface area contributed by atoms with Crippen LogP contribution < -0.4 is 14.4 Å². The van der Waals surface area contributed by atoms with E-state index in [1.165, 1.54) is 17.0 Å². The molecule has 3 heterocycles. The lowest BCUT2D eigenvalue weighted by Gasteiger charge is -2.29. The van der Waals surface area contributed by atoms with Crippen LogP contribution in [-0.4, -0.2) is 27.4 Å². The molecule has 2 aromatic carbocycles. The summed E-state index contributed by atoms with van der Waals surface area (Å²) < 4.78 is 26.6. The maximum atomic E-state index is 13.2. The molecule has 8 heteroatoms. The number of anilines is 1. The Morgan fingerprint density at radius 1 is 1.06 bits per heavy atom. The predicted molar refractivity (Wildman–Crippen MR) is 112 cm³/mol. The van der Waals surface area contributed by atoms with E-state index < -0.39 is 0 Å². The number of rotatable bonds is 4.